The van der Waals surface area contributed by atoms with Crippen molar-refractivity contribution >= 4 is 5.91 Å². The van der Waals surface area contributed by atoms with Crippen LogP contribution in [0.4, 0.5) is 13.2 Å². The Morgan fingerprint density at radius 2 is 1.90 bits per heavy atom. The van der Waals surface area contributed by atoms with E-state index in [0.717, 1.165) is 17.8 Å². The number of amides is 1. The van der Waals surface area contributed by atoms with E-state index in [1.165, 1.54) is 6.07 Å². The molecule has 0 aliphatic heterocycles. The first-order chi connectivity index (χ1) is 14.7. The Kier molecular flexibility index (Phi) is 6.84. The van der Waals surface area contributed by atoms with Crippen molar-refractivity contribution in [2.45, 2.75) is 63.8 Å². The largest absolute Gasteiger partial charge is 0.490 e. The molecule has 0 spiro atoms. The summed E-state index contributed by atoms with van der Waals surface area (Å²) in [6.45, 7) is 4.06. The molecule has 1 fully saturated rings. The molecule has 1 N–H and O–H groups in total. The van der Waals surface area contributed by atoms with Crippen LogP contribution in [0.2, 0.25) is 0 Å². The molecule has 1 aliphatic carbocycles. The van der Waals surface area contributed by atoms with Gasteiger partial charge in [0.2, 0.25) is 0 Å². The summed E-state index contributed by atoms with van der Waals surface area (Å²) in [6.07, 6.45) is -0.744. The molecule has 5 nitrogen and oxygen atoms in total. The number of alkyl halides is 3. The Hall–Kier alpha value is -3.08. The van der Waals surface area contributed by atoms with Crippen LogP contribution in [0.15, 0.2) is 36.5 Å². The molecule has 31 heavy (non-hydrogen) atoms. The number of rotatable bonds is 5. The number of benzene rings is 1. The lowest BCUT2D eigenvalue weighted by molar-refractivity contribution is -0.137. The lowest BCUT2D eigenvalue weighted by Gasteiger charge is -2.29. The molecule has 1 amide bonds. The third-order valence-corrected chi connectivity index (χ3v) is 5.37. The maximum atomic E-state index is 13.1. The number of nitrogens with zero attached hydrogens (tertiary/aromatic N) is 2. The third kappa shape index (κ3) is 5.75. The average Bonchev–Trinajstić information content (AvgIpc) is 2.74. The first kappa shape index (κ1) is 22.6. The van der Waals surface area contributed by atoms with Gasteiger partial charge in [0.25, 0.3) is 5.91 Å². The lowest BCUT2D eigenvalue weighted by Crippen LogP contribution is -2.39. The van der Waals surface area contributed by atoms with Gasteiger partial charge in [0, 0.05) is 17.9 Å². The van der Waals surface area contributed by atoms with Crippen molar-refractivity contribution in [3.8, 4) is 11.8 Å². The van der Waals surface area contributed by atoms with Crippen LogP contribution in [0.3, 0.4) is 0 Å². The molecule has 0 atom stereocenters. The van der Waals surface area contributed by atoms with Gasteiger partial charge in [0.15, 0.2) is 0 Å². The van der Waals surface area contributed by atoms with Crippen molar-refractivity contribution in [1.29, 1.82) is 5.26 Å². The number of nitrogens with one attached hydrogen (secondary N) is 1. The summed E-state index contributed by atoms with van der Waals surface area (Å²) >= 11 is 0. The van der Waals surface area contributed by atoms with Crippen LogP contribution in [0.5, 0.6) is 5.75 Å². The number of aromatic nitrogens is 1. The topological polar surface area (TPSA) is 75.0 Å². The van der Waals surface area contributed by atoms with Crippen LogP contribution in [0, 0.1) is 11.3 Å². The van der Waals surface area contributed by atoms with E-state index in [1.54, 1.807) is 18.3 Å². The molecule has 1 aromatic carbocycles. The fraction of sp³-hybridized carbons (Fsp3) is 0.435. The molecule has 0 radical (unpaired) electrons. The van der Waals surface area contributed by atoms with Gasteiger partial charge in [-0.3, -0.25) is 9.78 Å². The molecule has 8 heteroatoms. The Morgan fingerprint density at radius 3 is 2.45 bits per heavy atom. The highest BCUT2D eigenvalue weighted by molar-refractivity contribution is 5.94. The second-order valence-corrected chi connectivity index (χ2v) is 8.01. The smallest absolute Gasteiger partial charge is 0.417 e. The van der Waals surface area contributed by atoms with Gasteiger partial charge in [0.1, 0.15) is 5.75 Å². The highest BCUT2D eigenvalue weighted by atomic mass is 19.4. The maximum absolute atomic E-state index is 13.1. The second-order valence-electron chi connectivity index (χ2n) is 8.01. The van der Waals surface area contributed by atoms with Crippen molar-refractivity contribution in [2.24, 2.45) is 0 Å². The molecule has 1 aromatic heterocycles. The number of carbonyl (C=O) groups excluding carboxylic acids is 1. The fourth-order valence-corrected chi connectivity index (χ4v) is 3.60. The van der Waals surface area contributed by atoms with Gasteiger partial charge in [-0.2, -0.15) is 18.4 Å². The number of ether oxygens (including phenoxy) is 1. The van der Waals surface area contributed by atoms with E-state index in [4.69, 9.17) is 10.00 Å². The summed E-state index contributed by atoms with van der Waals surface area (Å²) in [5.74, 6) is 0.194. The van der Waals surface area contributed by atoms with Gasteiger partial charge in [-0.1, -0.05) is 13.8 Å². The van der Waals surface area contributed by atoms with Crippen LogP contribution in [0.1, 0.15) is 72.6 Å². The maximum Gasteiger partial charge on any atom is 0.417 e. The van der Waals surface area contributed by atoms with Gasteiger partial charge in [0.05, 0.1) is 28.9 Å². The minimum absolute atomic E-state index is 0.0242. The number of nitriles is 1. The van der Waals surface area contributed by atoms with Crippen LogP contribution in [0.25, 0.3) is 0 Å². The average molecular weight is 431 g/mol. The summed E-state index contributed by atoms with van der Waals surface area (Å²) in [6, 6.07) is 8.53. The Bertz CT molecular complexity index is 958. The van der Waals surface area contributed by atoms with Crippen molar-refractivity contribution in [2.75, 3.05) is 0 Å². The predicted molar refractivity (Wildman–Crippen MR) is 109 cm³/mol. The van der Waals surface area contributed by atoms with E-state index in [-0.39, 0.29) is 29.7 Å². The number of hydrogen-bond donors (Lipinski definition) is 1. The minimum atomic E-state index is -4.62. The van der Waals surface area contributed by atoms with Crippen LogP contribution >= 0.6 is 0 Å². The summed E-state index contributed by atoms with van der Waals surface area (Å²) in [5, 5.41) is 11.9. The number of carbonyl (C=O) groups is 1. The molecule has 0 saturated heterocycles. The zero-order valence-electron chi connectivity index (χ0n) is 17.4. The third-order valence-electron chi connectivity index (χ3n) is 5.37. The van der Waals surface area contributed by atoms with Gasteiger partial charge < -0.3 is 10.1 Å². The fourth-order valence-electron chi connectivity index (χ4n) is 3.60. The zero-order chi connectivity index (χ0) is 22.6. The molecule has 164 valence electrons. The first-order valence-corrected chi connectivity index (χ1v) is 10.2. The number of hydrogen-bond acceptors (Lipinski definition) is 4. The minimum Gasteiger partial charge on any atom is -0.490 e. The van der Waals surface area contributed by atoms with Gasteiger partial charge >= 0.3 is 6.18 Å². The normalized spacial score (nSPS) is 19.0. The molecule has 1 heterocycles. The highest BCUT2D eigenvalue weighted by Crippen LogP contribution is 2.35. The SMILES string of the molecule is CC(C)c1ccc(C(=O)NC2CCC(Oc3ccc(C#N)c(C(F)(F)F)c3)CC2)cn1. The molecule has 2 aromatic rings. The molecule has 1 aliphatic rings. The Morgan fingerprint density at radius 1 is 1.19 bits per heavy atom. The molecule has 3 rings (SSSR count). The molecular weight excluding hydrogens is 407 g/mol. The van der Waals surface area contributed by atoms with E-state index >= 15 is 0 Å². The van der Waals surface area contributed by atoms with E-state index in [0.29, 0.717) is 31.2 Å². The predicted octanol–water partition coefficient (Wildman–Crippen LogP) is 5.22. The summed E-state index contributed by atoms with van der Waals surface area (Å²) in [5.41, 5.74) is -0.00143. The molecular formula is C23H24F3N3O2. The highest BCUT2D eigenvalue weighted by Gasteiger charge is 2.34. The first-order valence-electron chi connectivity index (χ1n) is 10.2. The molecule has 0 bridgehead atoms. The van der Waals surface area contributed by atoms with Crippen LogP contribution in [-0.2, 0) is 6.18 Å². The number of halogens is 3. The molecule has 0 unspecified atom stereocenters. The lowest BCUT2D eigenvalue weighted by atomic mass is 9.92. The van der Waals surface area contributed by atoms with E-state index in [9.17, 15) is 18.0 Å². The summed E-state index contributed by atoms with van der Waals surface area (Å²) < 4.78 is 45.1. The standard InChI is InChI=1S/C23H24F3N3O2/c1-14(2)21-10-4-16(13-28-21)22(30)29-17-5-8-18(9-6-17)31-19-7-3-15(12-27)20(11-19)23(24,25)26/h3-4,7,10-11,13-14,17-18H,5-6,8-9H2,1-2H3,(H,29,30). The Labute approximate surface area is 179 Å². The van der Waals surface area contributed by atoms with Crippen molar-refractivity contribution < 1.29 is 22.7 Å². The van der Waals surface area contributed by atoms with Gasteiger partial charge in [-0.15, -0.1) is 0 Å². The second kappa shape index (κ2) is 9.38. The summed E-state index contributed by atoms with van der Waals surface area (Å²) in [7, 11) is 0. The van der Waals surface area contributed by atoms with Crippen LogP contribution in [-0.4, -0.2) is 23.0 Å². The zero-order valence-corrected chi connectivity index (χ0v) is 17.4. The molecule has 1 saturated carbocycles. The van der Waals surface area contributed by atoms with Crippen LogP contribution < -0.4 is 10.1 Å². The number of pyridine rings is 1. The summed E-state index contributed by atoms with van der Waals surface area (Å²) in [4.78, 5) is 16.8. The van der Waals surface area contributed by atoms with Gasteiger partial charge in [-0.25, -0.2) is 0 Å². The van der Waals surface area contributed by atoms with E-state index < -0.39 is 17.3 Å². The monoisotopic (exact) mass is 431 g/mol. The quantitative estimate of drug-likeness (QED) is 0.705. The van der Waals surface area contributed by atoms with Gasteiger partial charge in [-0.05, 0) is 61.9 Å². The van der Waals surface area contributed by atoms with E-state index in [2.05, 4.69) is 10.3 Å². The Balaban J connectivity index is 1.54. The van der Waals surface area contributed by atoms with Crippen molar-refractivity contribution in [3.05, 3.63) is 58.9 Å². The van der Waals surface area contributed by atoms with Crippen molar-refractivity contribution in [3.63, 3.8) is 0 Å². The van der Waals surface area contributed by atoms with E-state index in [1.807, 2.05) is 19.9 Å². The van der Waals surface area contributed by atoms with Crippen molar-refractivity contribution in [1.82, 2.24) is 10.3 Å².